The molecule has 2 amide bonds. The van der Waals surface area contributed by atoms with Gasteiger partial charge in [0.05, 0.1) is 11.3 Å². The van der Waals surface area contributed by atoms with Gasteiger partial charge in [-0.2, -0.15) is 0 Å². The fourth-order valence-corrected chi connectivity index (χ4v) is 6.49. The molecule has 2 aromatic heterocycles. The van der Waals surface area contributed by atoms with Gasteiger partial charge in [-0.25, -0.2) is 4.98 Å². The number of amides is 2. The zero-order valence-corrected chi connectivity index (χ0v) is 25.6. The molecule has 3 N–H and O–H groups in total. The molecule has 0 radical (unpaired) electrons. The third-order valence-corrected chi connectivity index (χ3v) is 8.97. The normalized spacial score (nSPS) is 15.7. The molecule has 226 valence electrons. The van der Waals surface area contributed by atoms with Crippen molar-refractivity contribution in [1.29, 1.82) is 0 Å². The van der Waals surface area contributed by atoms with Crippen LogP contribution in [0.25, 0.3) is 10.5 Å². The Morgan fingerprint density at radius 2 is 1.73 bits per heavy atom. The quantitative estimate of drug-likeness (QED) is 0.167. The Hall–Kier alpha value is -5.26. The van der Waals surface area contributed by atoms with Crippen molar-refractivity contribution in [3.63, 3.8) is 0 Å². The highest BCUT2D eigenvalue weighted by Gasteiger charge is 2.26. The van der Waals surface area contributed by atoms with Gasteiger partial charge in [-0.15, -0.1) is 11.3 Å². The Morgan fingerprint density at radius 3 is 2.53 bits per heavy atom. The smallest absolute Gasteiger partial charge is 0.274 e. The van der Waals surface area contributed by atoms with Crippen LogP contribution < -0.4 is 20.9 Å². The minimum atomic E-state index is -0.304. The largest absolute Gasteiger partial charge is 0.369 e. The molecule has 4 heterocycles. The standard InChI is InChI=1S/C34H31N7O3S/c1-21-30(41-16-17-45-34(41)36-21)33(44)37-25-5-3-4-22(18-25)31(42)23-6-11-27-28(32(43)38-29(27)19-23)20-35-24-7-9-26(10-8-24)40-14-12-39(2)13-15-40/h3-11,16-20,35H,12-15H2,1-2H3,(H,37,44)(H,38,43). The van der Waals surface area contributed by atoms with Crippen LogP contribution >= 0.6 is 11.3 Å². The lowest BCUT2D eigenvalue weighted by Crippen LogP contribution is -2.44. The summed E-state index contributed by atoms with van der Waals surface area (Å²) in [5, 5.41) is 10.9. The van der Waals surface area contributed by atoms with Gasteiger partial charge >= 0.3 is 0 Å². The fraction of sp³-hybridized carbons (Fsp3) is 0.176. The first-order chi connectivity index (χ1) is 21.8. The third kappa shape index (κ3) is 5.59. The van der Waals surface area contributed by atoms with E-state index in [9.17, 15) is 14.4 Å². The van der Waals surface area contributed by atoms with Crippen LogP contribution in [0, 0.1) is 6.92 Å². The van der Waals surface area contributed by atoms with E-state index in [1.165, 1.54) is 17.0 Å². The highest BCUT2D eigenvalue weighted by atomic mass is 32.1. The molecular formula is C34H31N7O3S. The van der Waals surface area contributed by atoms with Crippen LogP contribution in [0.4, 0.5) is 22.7 Å². The molecule has 1 fully saturated rings. The number of carbonyl (C=O) groups excluding carboxylic acids is 3. The number of anilines is 4. The number of hydrogen-bond donors (Lipinski definition) is 3. The molecular weight excluding hydrogens is 586 g/mol. The Morgan fingerprint density at radius 1 is 0.956 bits per heavy atom. The Bertz CT molecular complexity index is 1980. The summed E-state index contributed by atoms with van der Waals surface area (Å²) in [5.74, 6) is -0.766. The van der Waals surface area contributed by atoms with Gasteiger partial charge in [-0.3, -0.25) is 18.8 Å². The number of rotatable bonds is 7. The molecule has 45 heavy (non-hydrogen) atoms. The van der Waals surface area contributed by atoms with E-state index in [1.807, 2.05) is 23.7 Å². The highest BCUT2D eigenvalue weighted by molar-refractivity contribution is 7.15. The summed E-state index contributed by atoms with van der Waals surface area (Å²) in [7, 11) is 2.14. The van der Waals surface area contributed by atoms with E-state index >= 15 is 0 Å². The van der Waals surface area contributed by atoms with Gasteiger partial charge in [0.2, 0.25) is 0 Å². The summed E-state index contributed by atoms with van der Waals surface area (Å²) in [6.45, 7) is 5.89. The van der Waals surface area contributed by atoms with Crippen LogP contribution in [0.2, 0.25) is 0 Å². The number of carbonyl (C=O) groups is 3. The lowest BCUT2D eigenvalue weighted by Gasteiger charge is -2.34. The van der Waals surface area contributed by atoms with E-state index < -0.39 is 0 Å². The van der Waals surface area contributed by atoms with Crippen molar-refractivity contribution in [3.05, 3.63) is 113 Å². The Kier molecular flexibility index (Phi) is 7.40. The topological polar surface area (TPSA) is 111 Å². The summed E-state index contributed by atoms with van der Waals surface area (Å²) >= 11 is 1.46. The van der Waals surface area contributed by atoms with Crippen LogP contribution in [0.1, 0.15) is 37.7 Å². The average molecular weight is 618 g/mol. The van der Waals surface area contributed by atoms with Crippen molar-refractivity contribution >= 4 is 62.2 Å². The second-order valence-electron chi connectivity index (χ2n) is 11.2. The van der Waals surface area contributed by atoms with Gasteiger partial charge in [-0.1, -0.05) is 24.3 Å². The molecule has 0 unspecified atom stereocenters. The third-order valence-electron chi connectivity index (χ3n) is 8.22. The number of nitrogens with one attached hydrogen (secondary N) is 3. The molecule has 3 aromatic carbocycles. The van der Waals surface area contributed by atoms with Gasteiger partial charge in [0.25, 0.3) is 11.8 Å². The number of likely N-dealkylation sites (N-methyl/N-ethyl adjacent to an activating group) is 1. The first kappa shape index (κ1) is 28.5. The van der Waals surface area contributed by atoms with Crippen molar-refractivity contribution in [2.24, 2.45) is 0 Å². The Labute approximate surface area is 264 Å². The number of aromatic nitrogens is 2. The molecule has 5 aromatic rings. The lowest BCUT2D eigenvalue weighted by molar-refractivity contribution is -0.110. The number of imidazole rings is 1. The summed E-state index contributed by atoms with van der Waals surface area (Å²) < 4.78 is 1.76. The molecule has 11 heteroatoms. The van der Waals surface area contributed by atoms with E-state index in [4.69, 9.17) is 0 Å². The second-order valence-corrected chi connectivity index (χ2v) is 12.1. The van der Waals surface area contributed by atoms with E-state index in [1.54, 1.807) is 60.0 Å². The number of hydrogen-bond acceptors (Lipinski definition) is 8. The van der Waals surface area contributed by atoms with Crippen molar-refractivity contribution in [3.8, 4) is 0 Å². The van der Waals surface area contributed by atoms with Crippen LogP contribution in [-0.4, -0.2) is 65.1 Å². The molecule has 0 saturated carbocycles. The summed E-state index contributed by atoms with van der Waals surface area (Å²) in [6.07, 6.45) is 3.51. The van der Waals surface area contributed by atoms with Gasteiger partial charge in [-0.05, 0) is 56.4 Å². The van der Waals surface area contributed by atoms with Crippen molar-refractivity contribution in [2.75, 3.05) is 54.1 Å². The number of thiazole rings is 1. The average Bonchev–Trinajstić information content (AvgIpc) is 3.71. The number of piperazine rings is 1. The predicted molar refractivity (Wildman–Crippen MR) is 178 cm³/mol. The molecule has 0 bridgehead atoms. The minimum absolute atomic E-state index is 0.222. The minimum Gasteiger partial charge on any atom is -0.369 e. The molecule has 0 spiro atoms. The number of benzene rings is 3. The summed E-state index contributed by atoms with van der Waals surface area (Å²) in [6, 6.07) is 20.2. The predicted octanol–water partition coefficient (Wildman–Crippen LogP) is 5.34. The molecule has 7 rings (SSSR count). The van der Waals surface area contributed by atoms with Crippen LogP contribution in [0.3, 0.4) is 0 Å². The van der Waals surface area contributed by atoms with Crippen molar-refractivity contribution < 1.29 is 14.4 Å². The monoisotopic (exact) mass is 617 g/mol. The number of aryl methyl sites for hydroxylation is 1. The van der Waals surface area contributed by atoms with E-state index in [-0.39, 0.29) is 17.6 Å². The molecule has 0 atom stereocenters. The SMILES string of the molecule is Cc1nc2sccn2c1C(=O)Nc1cccc(C(=O)c2ccc3c(c2)NC(=O)C3=CNc2ccc(N3CCN(C)CC3)cc2)c1. The van der Waals surface area contributed by atoms with Gasteiger partial charge < -0.3 is 25.8 Å². The van der Waals surface area contributed by atoms with E-state index in [0.29, 0.717) is 39.5 Å². The number of nitrogens with zero attached hydrogens (tertiary/aromatic N) is 4. The first-order valence-corrected chi connectivity index (χ1v) is 15.6. The molecule has 2 aliphatic heterocycles. The second kappa shape index (κ2) is 11.7. The maximum atomic E-state index is 13.5. The molecule has 2 aliphatic rings. The van der Waals surface area contributed by atoms with Gasteiger partial charge in [0, 0.05) is 83.4 Å². The van der Waals surface area contributed by atoms with E-state index in [2.05, 4.69) is 49.9 Å². The molecule has 0 aliphatic carbocycles. The number of fused-ring (bicyclic) bond motifs is 2. The Balaban J connectivity index is 1.04. The van der Waals surface area contributed by atoms with Crippen LogP contribution in [0.5, 0.6) is 0 Å². The maximum Gasteiger partial charge on any atom is 0.274 e. The number of ketones is 1. The molecule has 10 nitrogen and oxygen atoms in total. The van der Waals surface area contributed by atoms with Gasteiger partial charge in [0.1, 0.15) is 5.69 Å². The van der Waals surface area contributed by atoms with Gasteiger partial charge in [0.15, 0.2) is 10.7 Å². The highest BCUT2D eigenvalue weighted by Crippen LogP contribution is 2.33. The lowest BCUT2D eigenvalue weighted by atomic mass is 9.99. The van der Waals surface area contributed by atoms with Crippen LogP contribution in [0.15, 0.2) is 84.5 Å². The summed E-state index contributed by atoms with van der Waals surface area (Å²) in [4.78, 5) is 49.3. The zero-order chi connectivity index (χ0) is 31.1. The van der Waals surface area contributed by atoms with Crippen LogP contribution in [-0.2, 0) is 4.79 Å². The van der Waals surface area contributed by atoms with Crippen molar-refractivity contribution in [1.82, 2.24) is 14.3 Å². The first-order valence-electron chi connectivity index (χ1n) is 14.7. The van der Waals surface area contributed by atoms with Crippen molar-refractivity contribution in [2.45, 2.75) is 6.92 Å². The zero-order valence-electron chi connectivity index (χ0n) is 24.8. The van der Waals surface area contributed by atoms with E-state index in [0.717, 1.165) is 42.4 Å². The fourth-order valence-electron chi connectivity index (χ4n) is 5.73. The maximum absolute atomic E-state index is 13.5. The summed E-state index contributed by atoms with van der Waals surface area (Å²) in [5.41, 5.74) is 6.28. The molecule has 1 saturated heterocycles.